The van der Waals surface area contributed by atoms with Gasteiger partial charge in [-0.2, -0.15) is 0 Å². The lowest BCUT2D eigenvalue weighted by atomic mass is 10.3. The van der Waals surface area contributed by atoms with Gasteiger partial charge >= 0.3 is 11.9 Å². The normalized spacial score (nSPS) is 11.0. The van der Waals surface area contributed by atoms with Crippen molar-refractivity contribution in [3.8, 4) is 0 Å². The molecular weight excluding hydrogens is 212 g/mol. The van der Waals surface area contributed by atoms with Gasteiger partial charge in [0.1, 0.15) is 6.10 Å². The molecular formula is C11H22O5. The Labute approximate surface area is 96.4 Å². The lowest BCUT2D eigenvalue weighted by Crippen LogP contribution is -2.19. The molecule has 5 nitrogen and oxygen atoms in total. The summed E-state index contributed by atoms with van der Waals surface area (Å²) >= 11 is 0. The fraction of sp³-hybridized carbons (Fsp3) is 0.818. The second-order valence-corrected chi connectivity index (χ2v) is 3.34. The largest absolute Gasteiger partial charge is 0.481 e. The van der Waals surface area contributed by atoms with Crippen molar-refractivity contribution in [1.29, 1.82) is 0 Å². The first kappa shape index (κ1) is 17.3. The lowest BCUT2D eigenvalue weighted by Gasteiger charge is -2.04. The molecule has 0 aliphatic heterocycles. The van der Waals surface area contributed by atoms with Gasteiger partial charge in [-0.3, -0.25) is 4.79 Å². The van der Waals surface area contributed by atoms with E-state index >= 15 is 0 Å². The number of rotatable bonds is 6. The van der Waals surface area contributed by atoms with E-state index in [1.165, 1.54) is 6.92 Å². The summed E-state index contributed by atoms with van der Waals surface area (Å²) in [5.41, 5.74) is 0. The van der Waals surface area contributed by atoms with Gasteiger partial charge in [0, 0.05) is 6.42 Å². The third-order valence-electron chi connectivity index (χ3n) is 1.55. The highest BCUT2D eigenvalue weighted by molar-refractivity contribution is 5.73. The van der Waals surface area contributed by atoms with E-state index in [4.69, 9.17) is 10.2 Å². The molecule has 1 unspecified atom stereocenters. The molecule has 96 valence electrons. The quantitative estimate of drug-likeness (QED) is 0.538. The molecule has 1 atom stereocenters. The molecule has 0 aromatic rings. The van der Waals surface area contributed by atoms with E-state index in [1.807, 2.05) is 13.8 Å². The van der Waals surface area contributed by atoms with Gasteiger partial charge in [0.25, 0.3) is 0 Å². The van der Waals surface area contributed by atoms with Crippen LogP contribution in [0.3, 0.4) is 0 Å². The SMILES string of the molecule is CCCC(=O)O.CCCCOC(=O)C(C)O. The minimum atomic E-state index is -0.989. The number of carboxylic acid groups (broad SMARTS) is 1. The monoisotopic (exact) mass is 234 g/mol. The van der Waals surface area contributed by atoms with Crippen molar-refractivity contribution < 1.29 is 24.5 Å². The molecule has 0 rings (SSSR count). The number of aliphatic hydroxyl groups excluding tert-OH is 1. The molecule has 0 aliphatic rings. The van der Waals surface area contributed by atoms with Gasteiger partial charge in [-0.05, 0) is 19.8 Å². The van der Waals surface area contributed by atoms with Crippen molar-refractivity contribution in [1.82, 2.24) is 0 Å². The third kappa shape index (κ3) is 15.4. The van der Waals surface area contributed by atoms with Crippen molar-refractivity contribution in [2.45, 2.75) is 52.6 Å². The fourth-order valence-corrected chi connectivity index (χ4v) is 0.652. The van der Waals surface area contributed by atoms with E-state index < -0.39 is 18.0 Å². The van der Waals surface area contributed by atoms with Crippen LogP contribution < -0.4 is 0 Å². The maximum atomic E-state index is 10.5. The van der Waals surface area contributed by atoms with Crippen LogP contribution in [0.2, 0.25) is 0 Å². The molecule has 0 amide bonds. The standard InChI is InChI=1S/C7H14O3.C4H8O2/c1-3-4-5-10-7(9)6(2)8;1-2-3-4(5)6/h6,8H,3-5H2,1-2H3;2-3H2,1H3,(H,5,6). The summed E-state index contributed by atoms with van der Waals surface area (Å²) in [6.07, 6.45) is 1.89. The summed E-state index contributed by atoms with van der Waals surface area (Å²) in [5, 5.41) is 16.6. The molecule has 0 aromatic heterocycles. The van der Waals surface area contributed by atoms with Crippen LogP contribution >= 0.6 is 0 Å². The molecule has 5 heteroatoms. The topological polar surface area (TPSA) is 83.8 Å². The molecule has 0 fully saturated rings. The maximum Gasteiger partial charge on any atom is 0.334 e. The summed E-state index contributed by atoms with van der Waals surface area (Å²) < 4.78 is 4.65. The van der Waals surface area contributed by atoms with E-state index in [9.17, 15) is 9.59 Å². The first-order chi connectivity index (χ1) is 7.45. The first-order valence-corrected chi connectivity index (χ1v) is 5.52. The van der Waals surface area contributed by atoms with Crippen molar-refractivity contribution in [2.24, 2.45) is 0 Å². The summed E-state index contributed by atoms with van der Waals surface area (Å²) in [5.74, 6) is -1.24. The highest BCUT2D eigenvalue weighted by Crippen LogP contribution is 1.91. The van der Waals surface area contributed by atoms with Crippen molar-refractivity contribution in [3.63, 3.8) is 0 Å². The molecule has 0 saturated heterocycles. The molecule has 0 spiro atoms. The van der Waals surface area contributed by atoms with Crippen molar-refractivity contribution >= 4 is 11.9 Å². The molecule has 0 bridgehead atoms. The number of hydrogen-bond acceptors (Lipinski definition) is 4. The number of unbranched alkanes of at least 4 members (excludes halogenated alkanes) is 1. The van der Waals surface area contributed by atoms with Crippen molar-refractivity contribution in [3.05, 3.63) is 0 Å². The molecule has 0 saturated carbocycles. The summed E-state index contributed by atoms with van der Waals surface area (Å²) in [6, 6.07) is 0. The van der Waals surface area contributed by atoms with E-state index in [0.717, 1.165) is 19.3 Å². The zero-order valence-electron chi connectivity index (χ0n) is 10.2. The number of carboxylic acids is 1. The van der Waals surface area contributed by atoms with Gasteiger partial charge in [0.15, 0.2) is 0 Å². The second kappa shape index (κ2) is 12.0. The van der Waals surface area contributed by atoms with Gasteiger partial charge in [-0.25, -0.2) is 4.79 Å². The van der Waals surface area contributed by atoms with E-state index in [0.29, 0.717) is 13.0 Å². The maximum absolute atomic E-state index is 10.5. The Hall–Kier alpha value is -1.10. The van der Waals surface area contributed by atoms with E-state index in [-0.39, 0.29) is 0 Å². The zero-order valence-corrected chi connectivity index (χ0v) is 10.2. The number of carbonyl (C=O) groups is 2. The summed E-state index contributed by atoms with van der Waals surface area (Å²) in [4.78, 5) is 20.1. The number of carbonyl (C=O) groups excluding carboxylic acids is 1. The van der Waals surface area contributed by atoms with Crippen LogP contribution in [-0.4, -0.2) is 34.9 Å². The third-order valence-corrected chi connectivity index (χ3v) is 1.55. The Morgan fingerprint density at radius 2 is 1.81 bits per heavy atom. The average Bonchev–Trinajstić information content (AvgIpc) is 2.18. The molecule has 0 heterocycles. The van der Waals surface area contributed by atoms with Gasteiger partial charge in [0.05, 0.1) is 6.61 Å². The Kier molecular flexibility index (Phi) is 12.9. The van der Waals surface area contributed by atoms with Gasteiger partial charge in [-0.1, -0.05) is 20.3 Å². The zero-order chi connectivity index (χ0) is 13.0. The lowest BCUT2D eigenvalue weighted by molar-refractivity contribution is -0.152. The van der Waals surface area contributed by atoms with Crippen LogP contribution in [0.25, 0.3) is 0 Å². The van der Waals surface area contributed by atoms with Gasteiger partial charge in [0.2, 0.25) is 0 Å². The first-order valence-electron chi connectivity index (χ1n) is 5.52. The Morgan fingerprint density at radius 1 is 1.25 bits per heavy atom. The van der Waals surface area contributed by atoms with E-state index in [1.54, 1.807) is 0 Å². The molecule has 0 aliphatic carbocycles. The predicted octanol–water partition coefficient (Wildman–Crippen LogP) is 1.58. The van der Waals surface area contributed by atoms with Crippen LogP contribution in [0.5, 0.6) is 0 Å². The van der Waals surface area contributed by atoms with Crippen molar-refractivity contribution in [2.75, 3.05) is 6.61 Å². The number of esters is 1. The molecule has 16 heavy (non-hydrogen) atoms. The van der Waals surface area contributed by atoms with Crippen LogP contribution in [0.15, 0.2) is 0 Å². The summed E-state index contributed by atoms with van der Waals surface area (Å²) in [6.45, 7) is 5.67. The molecule has 0 radical (unpaired) electrons. The average molecular weight is 234 g/mol. The van der Waals surface area contributed by atoms with Gasteiger partial charge in [-0.15, -0.1) is 0 Å². The van der Waals surface area contributed by atoms with Crippen LogP contribution in [0.4, 0.5) is 0 Å². The highest BCUT2D eigenvalue weighted by Gasteiger charge is 2.08. The van der Waals surface area contributed by atoms with Gasteiger partial charge < -0.3 is 14.9 Å². The smallest absolute Gasteiger partial charge is 0.334 e. The minimum Gasteiger partial charge on any atom is -0.481 e. The number of ether oxygens (including phenoxy) is 1. The van der Waals surface area contributed by atoms with Crippen LogP contribution in [0, 0.1) is 0 Å². The number of aliphatic carboxylic acids is 1. The second-order valence-electron chi connectivity index (χ2n) is 3.34. The van der Waals surface area contributed by atoms with Crippen LogP contribution in [-0.2, 0) is 14.3 Å². The highest BCUT2D eigenvalue weighted by atomic mass is 16.5. The van der Waals surface area contributed by atoms with E-state index in [2.05, 4.69) is 4.74 Å². The summed E-state index contributed by atoms with van der Waals surface area (Å²) in [7, 11) is 0. The fourth-order valence-electron chi connectivity index (χ4n) is 0.652. The Bertz CT molecular complexity index is 189. The van der Waals surface area contributed by atoms with Crippen LogP contribution in [0.1, 0.15) is 46.5 Å². The number of aliphatic hydroxyl groups is 1. The molecule has 0 aromatic carbocycles. The Balaban J connectivity index is 0. The minimum absolute atomic E-state index is 0.292. The Morgan fingerprint density at radius 3 is 2.06 bits per heavy atom. The number of hydrogen-bond donors (Lipinski definition) is 2. The molecule has 2 N–H and O–H groups in total. The predicted molar refractivity (Wildman–Crippen MR) is 60.1 cm³/mol.